The summed E-state index contributed by atoms with van der Waals surface area (Å²) in [5.74, 6) is 5.25. The summed E-state index contributed by atoms with van der Waals surface area (Å²) >= 11 is 9.07. The monoisotopic (exact) mass is 330 g/mol. The number of halogens is 5. The standard InChI is InChI=1S/C10H11BrClF3N2/c11-7-2-1-6(5-8(7)12)9(17-16)3-4-10(13,14)15/h1-2,5,9,17H,3-4,16H2. The first kappa shape index (κ1) is 14.8. The van der Waals surface area contributed by atoms with Gasteiger partial charge in [0.2, 0.25) is 0 Å². The van der Waals surface area contributed by atoms with Crippen molar-refractivity contribution in [1.82, 2.24) is 5.43 Å². The predicted octanol–water partition coefficient (Wildman–Crippen LogP) is 3.95. The van der Waals surface area contributed by atoms with Gasteiger partial charge in [0.05, 0.1) is 5.02 Å². The second kappa shape index (κ2) is 6.04. The quantitative estimate of drug-likeness (QED) is 0.647. The van der Waals surface area contributed by atoms with E-state index >= 15 is 0 Å². The van der Waals surface area contributed by atoms with Gasteiger partial charge in [-0.15, -0.1) is 0 Å². The normalized spacial score (nSPS) is 13.8. The molecule has 0 amide bonds. The summed E-state index contributed by atoms with van der Waals surface area (Å²) < 4.78 is 37.0. The van der Waals surface area contributed by atoms with Gasteiger partial charge >= 0.3 is 6.18 Å². The lowest BCUT2D eigenvalue weighted by Crippen LogP contribution is -2.29. The van der Waals surface area contributed by atoms with Gasteiger partial charge in [0.25, 0.3) is 0 Å². The smallest absolute Gasteiger partial charge is 0.271 e. The summed E-state index contributed by atoms with van der Waals surface area (Å²) in [5, 5.41) is 0.440. The Balaban J connectivity index is 2.76. The molecule has 1 unspecified atom stereocenters. The first-order chi connectivity index (χ1) is 7.83. The van der Waals surface area contributed by atoms with Crippen molar-refractivity contribution >= 4 is 27.5 Å². The van der Waals surface area contributed by atoms with E-state index in [0.717, 1.165) is 0 Å². The molecule has 0 heterocycles. The van der Waals surface area contributed by atoms with Crippen molar-refractivity contribution in [3.05, 3.63) is 33.3 Å². The third kappa shape index (κ3) is 4.83. The molecule has 0 aliphatic heterocycles. The summed E-state index contributed by atoms with van der Waals surface area (Å²) in [6.07, 6.45) is -5.21. The molecular weight excluding hydrogens is 320 g/mol. The lowest BCUT2D eigenvalue weighted by molar-refractivity contribution is -0.136. The van der Waals surface area contributed by atoms with E-state index < -0.39 is 18.6 Å². The topological polar surface area (TPSA) is 38.0 Å². The summed E-state index contributed by atoms with van der Waals surface area (Å²) in [6.45, 7) is 0. The van der Waals surface area contributed by atoms with Gasteiger partial charge in [0.15, 0.2) is 0 Å². The van der Waals surface area contributed by atoms with Crippen LogP contribution in [0.2, 0.25) is 5.02 Å². The fraction of sp³-hybridized carbons (Fsp3) is 0.400. The molecule has 0 aliphatic carbocycles. The first-order valence-electron chi connectivity index (χ1n) is 4.81. The van der Waals surface area contributed by atoms with Crippen LogP contribution in [0.25, 0.3) is 0 Å². The van der Waals surface area contributed by atoms with E-state index in [2.05, 4.69) is 21.4 Å². The van der Waals surface area contributed by atoms with Crippen molar-refractivity contribution in [3.63, 3.8) is 0 Å². The number of rotatable bonds is 4. The Hall–Kier alpha value is -0.300. The third-order valence-corrected chi connectivity index (χ3v) is 3.50. The zero-order chi connectivity index (χ0) is 13.1. The van der Waals surface area contributed by atoms with Gasteiger partial charge in [-0.05, 0) is 40.0 Å². The highest BCUT2D eigenvalue weighted by molar-refractivity contribution is 9.10. The molecule has 0 saturated carbocycles. The third-order valence-electron chi connectivity index (χ3n) is 2.26. The van der Waals surface area contributed by atoms with Gasteiger partial charge < -0.3 is 0 Å². The van der Waals surface area contributed by atoms with Crippen LogP contribution >= 0.6 is 27.5 Å². The van der Waals surface area contributed by atoms with E-state index in [4.69, 9.17) is 17.4 Å². The summed E-state index contributed by atoms with van der Waals surface area (Å²) in [7, 11) is 0. The van der Waals surface area contributed by atoms with E-state index in [1.807, 2.05) is 0 Å². The van der Waals surface area contributed by atoms with Gasteiger partial charge in [-0.3, -0.25) is 11.3 Å². The number of hydrazine groups is 1. The zero-order valence-electron chi connectivity index (χ0n) is 8.69. The highest BCUT2D eigenvalue weighted by Crippen LogP contribution is 2.30. The summed E-state index contributed by atoms with van der Waals surface area (Å²) in [5.41, 5.74) is 2.99. The van der Waals surface area contributed by atoms with Crippen molar-refractivity contribution in [2.45, 2.75) is 25.1 Å². The minimum absolute atomic E-state index is 0.127. The molecule has 1 rings (SSSR count). The van der Waals surface area contributed by atoms with E-state index in [0.29, 0.717) is 15.1 Å². The zero-order valence-corrected chi connectivity index (χ0v) is 11.0. The molecule has 7 heteroatoms. The Bertz CT molecular complexity index is 384. The Labute approximate surface area is 110 Å². The molecule has 96 valence electrons. The number of nitrogens with one attached hydrogen (secondary N) is 1. The number of nitrogens with two attached hydrogens (primary N) is 1. The molecule has 0 aliphatic rings. The van der Waals surface area contributed by atoms with Crippen LogP contribution in [0.5, 0.6) is 0 Å². The molecular formula is C10H11BrClF3N2. The largest absolute Gasteiger partial charge is 0.389 e. The van der Waals surface area contributed by atoms with Crippen LogP contribution in [0.15, 0.2) is 22.7 Å². The van der Waals surface area contributed by atoms with Crippen LogP contribution in [0.3, 0.4) is 0 Å². The average Bonchev–Trinajstić information content (AvgIpc) is 2.22. The SMILES string of the molecule is NNC(CCC(F)(F)F)c1ccc(Br)c(Cl)c1. The fourth-order valence-electron chi connectivity index (χ4n) is 1.38. The number of hydrogen-bond donors (Lipinski definition) is 2. The van der Waals surface area contributed by atoms with Crippen LogP contribution in [0.1, 0.15) is 24.4 Å². The minimum Gasteiger partial charge on any atom is -0.271 e. The van der Waals surface area contributed by atoms with Gasteiger partial charge in [-0.25, -0.2) is 0 Å². The fourth-order valence-corrected chi connectivity index (χ4v) is 1.82. The van der Waals surface area contributed by atoms with E-state index in [-0.39, 0.29) is 6.42 Å². The lowest BCUT2D eigenvalue weighted by atomic mass is 10.0. The molecule has 0 aromatic heterocycles. The lowest BCUT2D eigenvalue weighted by Gasteiger charge is -2.17. The van der Waals surface area contributed by atoms with Crippen molar-refractivity contribution in [2.75, 3.05) is 0 Å². The average molecular weight is 332 g/mol. The van der Waals surface area contributed by atoms with Crippen molar-refractivity contribution in [3.8, 4) is 0 Å². The van der Waals surface area contributed by atoms with Gasteiger partial charge in [-0.1, -0.05) is 17.7 Å². The van der Waals surface area contributed by atoms with Crippen molar-refractivity contribution < 1.29 is 13.2 Å². The van der Waals surface area contributed by atoms with E-state index in [1.54, 1.807) is 18.2 Å². The minimum atomic E-state index is -4.19. The summed E-state index contributed by atoms with van der Waals surface area (Å²) in [4.78, 5) is 0. The van der Waals surface area contributed by atoms with Crippen LogP contribution in [-0.4, -0.2) is 6.18 Å². The second-order valence-electron chi connectivity index (χ2n) is 3.55. The van der Waals surface area contributed by atoms with Crippen molar-refractivity contribution in [2.24, 2.45) is 5.84 Å². The molecule has 1 aromatic carbocycles. The van der Waals surface area contributed by atoms with Gasteiger partial charge in [0.1, 0.15) is 0 Å². The highest BCUT2D eigenvalue weighted by Gasteiger charge is 2.28. The molecule has 0 radical (unpaired) electrons. The highest BCUT2D eigenvalue weighted by atomic mass is 79.9. The van der Waals surface area contributed by atoms with E-state index in [1.165, 1.54) is 0 Å². The Morgan fingerprint density at radius 2 is 2.06 bits per heavy atom. The molecule has 0 bridgehead atoms. The van der Waals surface area contributed by atoms with Gasteiger partial charge in [0, 0.05) is 16.9 Å². The number of alkyl halides is 3. The van der Waals surface area contributed by atoms with Crippen LogP contribution < -0.4 is 11.3 Å². The maximum atomic E-state index is 12.1. The van der Waals surface area contributed by atoms with Crippen molar-refractivity contribution in [1.29, 1.82) is 0 Å². The summed E-state index contributed by atoms with van der Waals surface area (Å²) in [6, 6.07) is 4.38. The maximum absolute atomic E-state index is 12.1. The second-order valence-corrected chi connectivity index (χ2v) is 4.81. The first-order valence-corrected chi connectivity index (χ1v) is 5.98. The molecule has 0 fully saturated rings. The Kier molecular flexibility index (Phi) is 5.24. The van der Waals surface area contributed by atoms with E-state index in [9.17, 15) is 13.2 Å². The Morgan fingerprint density at radius 1 is 1.41 bits per heavy atom. The molecule has 3 N–H and O–H groups in total. The molecule has 1 atom stereocenters. The maximum Gasteiger partial charge on any atom is 0.389 e. The molecule has 2 nitrogen and oxygen atoms in total. The Morgan fingerprint density at radius 3 is 2.53 bits per heavy atom. The van der Waals surface area contributed by atoms with Crippen LogP contribution in [-0.2, 0) is 0 Å². The molecule has 1 aromatic rings. The number of benzene rings is 1. The number of hydrogen-bond acceptors (Lipinski definition) is 2. The van der Waals surface area contributed by atoms with Crippen LogP contribution in [0, 0.1) is 0 Å². The van der Waals surface area contributed by atoms with Crippen LogP contribution in [0.4, 0.5) is 13.2 Å². The van der Waals surface area contributed by atoms with Gasteiger partial charge in [-0.2, -0.15) is 13.2 Å². The molecule has 17 heavy (non-hydrogen) atoms. The molecule has 0 spiro atoms. The predicted molar refractivity (Wildman–Crippen MR) is 64.5 cm³/mol. The molecule has 0 saturated heterocycles.